The first-order valence-corrected chi connectivity index (χ1v) is 7.21. The average Bonchev–Trinajstić information content (AvgIpc) is 2.92. The quantitative estimate of drug-likeness (QED) is 0.899. The third-order valence-corrected chi connectivity index (χ3v) is 3.76. The van der Waals surface area contributed by atoms with Crippen molar-refractivity contribution in [2.45, 2.75) is 44.9 Å². The minimum atomic E-state index is 0.334. The van der Waals surface area contributed by atoms with Gasteiger partial charge < -0.3 is 15.0 Å². The smallest absolute Gasteiger partial charge is 0.0924 e. The van der Waals surface area contributed by atoms with Crippen LogP contribution in [0.2, 0.25) is 0 Å². The molecule has 2 aromatic rings. The zero-order valence-corrected chi connectivity index (χ0v) is 12.0. The summed E-state index contributed by atoms with van der Waals surface area (Å²) in [6.45, 7) is 4.29. The summed E-state index contributed by atoms with van der Waals surface area (Å²) >= 11 is 0. The Labute approximate surface area is 119 Å². The fourth-order valence-electron chi connectivity index (χ4n) is 2.92. The van der Waals surface area contributed by atoms with Gasteiger partial charge in [-0.3, -0.25) is 0 Å². The molecule has 106 valence electrons. The predicted octanol–water partition coefficient (Wildman–Crippen LogP) is 3.44. The fraction of sp³-hybridized carbons (Fsp3) is 0.438. The van der Waals surface area contributed by atoms with E-state index in [1.807, 2.05) is 6.20 Å². The van der Waals surface area contributed by atoms with E-state index in [1.165, 1.54) is 5.69 Å². The van der Waals surface area contributed by atoms with E-state index < -0.39 is 0 Å². The lowest BCUT2D eigenvalue weighted by Crippen LogP contribution is -2.36. The van der Waals surface area contributed by atoms with Gasteiger partial charge in [0.15, 0.2) is 0 Å². The molecular formula is C16H21N3O. The lowest BCUT2D eigenvalue weighted by molar-refractivity contribution is -0.0337. The predicted molar refractivity (Wildman–Crippen MR) is 80.7 cm³/mol. The minimum absolute atomic E-state index is 0.334. The van der Waals surface area contributed by atoms with E-state index in [2.05, 4.69) is 53.4 Å². The Morgan fingerprint density at radius 2 is 1.85 bits per heavy atom. The lowest BCUT2D eigenvalue weighted by Gasteiger charge is -2.33. The van der Waals surface area contributed by atoms with Crippen LogP contribution >= 0.6 is 0 Å². The van der Waals surface area contributed by atoms with Crippen LogP contribution < -0.4 is 5.32 Å². The van der Waals surface area contributed by atoms with Crippen molar-refractivity contribution in [3.63, 3.8) is 0 Å². The molecule has 2 N–H and O–H groups in total. The molecular weight excluding hydrogens is 250 g/mol. The molecule has 0 amide bonds. The van der Waals surface area contributed by atoms with E-state index in [4.69, 9.17) is 4.74 Å². The zero-order chi connectivity index (χ0) is 13.9. The SMILES string of the molecule is CC1CC(Nc2ccc(-c3cnc[nH]3)cc2)CC(C)O1. The van der Waals surface area contributed by atoms with Crippen LogP contribution in [0, 0.1) is 0 Å². The molecule has 3 rings (SSSR count). The zero-order valence-electron chi connectivity index (χ0n) is 12.0. The Balaban J connectivity index is 1.66. The molecule has 4 nitrogen and oxygen atoms in total. The second-order valence-corrected chi connectivity index (χ2v) is 5.61. The average molecular weight is 271 g/mol. The van der Waals surface area contributed by atoms with Gasteiger partial charge in [0.25, 0.3) is 0 Å². The summed E-state index contributed by atoms with van der Waals surface area (Å²) in [5.74, 6) is 0. The highest BCUT2D eigenvalue weighted by atomic mass is 16.5. The highest BCUT2D eigenvalue weighted by Gasteiger charge is 2.24. The summed E-state index contributed by atoms with van der Waals surface area (Å²) in [7, 11) is 0. The third-order valence-electron chi connectivity index (χ3n) is 3.76. The number of anilines is 1. The summed E-state index contributed by atoms with van der Waals surface area (Å²) in [6.07, 6.45) is 6.33. The van der Waals surface area contributed by atoms with Crippen LogP contribution in [0.25, 0.3) is 11.3 Å². The molecule has 0 aliphatic carbocycles. The van der Waals surface area contributed by atoms with Gasteiger partial charge in [0.1, 0.15) is 0 Å². The van der Waals surface area contributed by atoms with Crippen LogP contribution in [0.1, 0.15) is 26.7 Å². The van der Waals surface area contributed by atoms with Gasteiger partial charge in [0.05, 0.1) is 30.4 Å². The Morgan fingerprint density at radius 3 is 2.45 bits per heavy atom. The summed E-state index contributed by atoms with van der Waals surface area (Å²) in [4.78, 5) is 7.16. The van der Waals surface area contributed by atoms with E-state index in [0.717, 1.165) is 24.1 Å². The first-order valence-electron chi connectivity index (χ1n) is 7.21. The molecule has 1 aliphatic heterocycles. The molecule has 0 spiro atoms. The summed E-state index contributed by atoms with van der Waals surface area (Å²) in [5, 5.41) is 3.61. The Morgan fingerprint density at radius 1 is 1.15 bits per heavy atom. The van der Waals surface area contributed by atoms with Gasteiger partial charge in [-0.05, 0) is 44.4 Å². The highest BCUT2D eigenvalue weighted by molar-refractivity contribution is 5.62. The van der Waals surface area contributed by atoms with E-state index in [9.17, 15) is 0 Å². The maximum Gasteiger partial charge on any atom is 0.0924 e. The molecule has 20 heavy (non-hydrogen) atoms. The van der Waals surface area contributed by atoms with Crippen LogP contribution in [-0.2, 0) is 4.74 Å². The normalized spacial score (nSPS) is 26.4. The van der Waals surface area contributed by atoms with Crippen molar-refractivity contribution in [1.82, 2.24) is 9.97 Å². The van der Waals surface area contributed by atoms with Crippen LogP contribution in [0.4, 0.5) is 5.69 Å². The van der Waals surface area contributed by atoms with Gasteiger partial charge in [-0.25, -0.2) is 4.98 Å². The van der Waals surface area contributed by atoms with E-state index in [-0.39, 0.29) is 0 Å². The fourth-order valence-corrected chi connectivity index (χ4v) is 2.92. The molecule has 2 atom stereocenters. The second kappa shape index (κ2) is 5.67. The van der Waals surface area contributed by atoms with Gasteiger partial charge in [-0.1, -0.05) is 12.1 Å². The molecule has 1 aromatic carbocycles. The number of nitrogens with one attached hydrogen (secondary N) is 2. The molecule has 2 heterocycles. The number of hydrogen-bond donors (Lipinski definition) is 2. The number of aromatic amines is 1. The van der Waals surface area contributed by atoms with E-state index in [0.29, 0.717) is 18.2 Å². The number of H-pyrrole nitrogens is 1. The minimum Gasteiger partial charge on any atom is -0.382 e. The first kappa shape index (κ1) is 13.2. The Bertz CT molecular complexity index is 525. The molecule has 1 aliphatic rings. The number of nitrogens with zero attached hydrogens (tertiary/aromatic N) is 1. The third kappa shape index (κ3) is 3.02. The van der Waals surface area contributed by atoms with Crippen LogP contribution in [-0.4, -0.2) is 28.2 Å². The maximum absolute atomic E-state index is 5.77. The van der Waals surface area contributed by atoms with Crippen molar-refractivity contribution in [3.05, 3.63) is 36.8 Å². The molecule has 2 unspecified atom stereocenters. The van der Waals surface area contributed by atoms with Crippen LogP contribution in [0.3, 0.4) is 0 Å². The molecule has 1 fully saturated rings. The van der Waals surface area contributed by atoms with E-state index >= 15 is 0 Å². The van der Waals surface area contributed by atoms with Gasteiger partial charge in [-0.2, -0.15) is 0 Å². The maximum atomic E-state index is 5.77. The highest BCUT2D eigenvalue weighted by Crippen LogP contribution is 2.24. The van der Waals surface area contributed by atoms with Gasteiger partial charge >= 0.3 is 0 Å². The standard InChI is InChI=1S/C16H21N3O/c1-11-7-15(8-12(2)20-11)19-14-5-3-13(4-6-14)16-9-17-10-18-16/h3-6,9-12,15,19H,7-8H2,1-2H3,(H,17,18). The van der Waals surface area contributed by atoms with Gasteiger partial charge in [0.2, 0.25) is 0 Å². The van der Waals surface area contributed by atoms with Crippen molar-refractivity contribution in [1.29, 1.82) is 0 Å². The molecule has 0 bridgehead atoms. The largest absolute Gasteiger partial charge is 0.382 e. The summed E-state index contributed by atoms with van der Waals surface area (Å²) in [5.41, 5.74) is 3.37. The molecule has 0 radical (unpaired) electrons. The topological polar surface area (TPSA) is 49.9 Å². The van der Waals surface area contributed by atoms with Gasteiger partial charge in [-0.15, -0.1) is 0 Å². The molecule has 4 heteroatoms. The first-order chi connectivity index (χ1) is 9.70. The van der Waals surface area contributed by atoms with Crippen molar-refractivity contribution < 1.29 is 4.74 Å². The number of hydrogen-bond acceptors (Lipinski definition) is 3. The Kier molecular flexibility index (Phi) is 3.74. The number of ether oxygens (including phenoxy) is 1. The van der Waals surface area contributed by atoms with Crippen molar-refractivity contribution in [2.75, 3.05) is 5.32 Å². The van der Waals surface area contributed by atoms with Crippen molar-refractivity contribution >= 4 is 5.69 Å². The number of benzene rings is 1. The lowest BCUT2D eigenvalue weighted by atomic mass is 9.99. The van der Waals surface area contributed by atoms with Gasteiger partial charge in [0, 0.05) is 11.7 Å². The second-order valence-electron chi connectivity index (χ2n) is 5.61. The van der Waals surface area contributed by atoms with Crippen molar-refractivity contribution in [3.8, 4) is 11.3 Å². The molecule has 1 aromatic heterocycles. The van der Waals surface area contributed by atoms with Crippen LogP contribution in [0.5, 0.6) is 0 Å². The van der Waals surface area contributed by atoms with E-state index in [1.54, 1.807) is 6.33 Å². The van der Waals surface area contributed by atoms with Crippen LogP contribution in [0.15, 0.2) is 36.8 Å². The Hall–Kier alpha value is -1.81. The van der Waals surface area contributed by atoms with Crippen molar-refractivity contribution in [2.24, 2.45) is 0 Å². The number of aromatic nitrogens is 2. The molecule has 1 saturated heterocycles. The number of imidazole rings is 1. The monoisotopic (exact) mass is 271 g/mol. The summed E-state index contributed by atoms with van der Waals surface area (Å²) < 4.78 is 5.77. The summed E-state index contributed by atoms with van der Waals surface area (Å²) in [6, 6.07) is 8.97. The number of rotatable bonds is 3. The molecule has 0 saturated carbocycles.